The monoisotopic (exact) mass is 465 g/mol. The van der Waals surface area contributed by atoms with Crippen molar-refractivity contribution in [2.75, 3.05) is 12.4 Å². The van der Waals surface area contributed by atoms with Crippen LogP contribution in [-0.2, 0) is 0 Å². The van der Waals surface area contributed by atoms with Crippen LogP contribution in [0.5, 0.6) is 5.75 Å². The van der Waals surface area contributed by atoms with Gasteiger partial charge in [-0.1, -0.05) is 24.3 Å². The van der Waals surface area contributed by atoms with Gasteiger partial charge in [-0.15, -0.1) is 5.10 Å². The fourth-order valence-corrected chi connectivity index (χ4v) is 4.37. The molecule has 0 spiro atoms. The summed E-state index contributed by atoms with van der Waals surface area (Å²) in [5, 5.41) is 12.6. The van der Waals surface area contributed by atoms with E-state index in [0.29, 0.717) is 22.5 Å². The average Bonchev–Trinajstić information content (AvgIpc) is 3.47. The number of fused-ring (bicyclic) bond motifs is 4. The maximum atomic E-state index is 14.0. The number of halogens is 3. The van der Waals surface area contributed by atoms with Crippen LogP contribution in [0.3, 0.4) is 0 Å². The largest absolute Gasteiger partial charge is 0.497 e. The van der Waals surface area contributed by atoms with Crippen molar-refractivity contribution in [1.82, 2.24) is 29.4 Å². The minimum Gasteiger partial charge on any atom is -0.497 e. The van der Waals surface area contributed by atoms with Gasteiger partial charge in [-0.3, -0.25) is 0 Å². The molecule has 2 aromatic carbocycles. The van der Waals surface area contributed by atoms with Gasteiger partial charge in [0.05, 0.1) is 30.4 Å². The highest BCUT2D eigenvalue weighted by Gasteiger charge is 2.47. The van der Waals surface area contributed by atoms with E-state index in [2.05, 4.69) is 25.5 Å². The van der Waals surface area contributed by atoms with Crippen LogP contribution in [0, 0.1) is 0 Å². The Bertz CT molecular complexity index is 1510. The zero-order valence-electron chi connectivity index (χ0n) is 17.9. The van der Waals surface area contributed by atoms with Crippen molar-refractivity contribution in [2.24, 2.45) is 0 Å². The van der Waals surface area contributed by atoms with Crippen molar-refractivity contribution in [3.8, 4) is 17.1 Å². The van der Waals surface area contributed by atoms with Crippen LogP contribution in [0.1, 0.15) is 24.1 Å². The first-order valence-electron chi connectivity index (χ1n) is 10.6. The number of hydrogen-bond acceptors (Lipinski definition) is 6. The van der Waals surface area contributed by atoms with Gasteiger partial charge >= 0.3 is 6.18 Å². The van der Waals surface area contributed by atoms with E-state index in [1.54, 1.807) is 31.4 Å². The summed E-state index contributed by atoms with van der Waals surface area (Å²) in [5.41, 5.74) is 2.42. The molecule has 1 aliphatic heterocycles. The van der Waals surface area contributed by atoms with E-state index in [1.165, 1.54) is 17.0 Å². The summed E-state index contributed by atoms with van der Waals surface area (Å²) in [6.45, 7) is 0. The van der Waals surface area contributed by atoms with Crippen LogP contribution in [0.15, 0.2) is 61.1 Å². The molecule has 3 aromatic heterocycles. The van der Waals surface area contributed by atoms with E-state index in [9.17, 15) is 13.2 Å². The molecular weight excluding hydrogens is 447 g/mol. The Kier molecular flexibility index (Phi) is 4.48. The van der Waals surface area contributed by atoms with Crippen LogP contribution in [0.25, 0.3) is 27.9 Å². The Balaban J connectivity index is 1.47. The second-order valence-corrected chi connectivity index (χ2v) is 8.08. The zero-order valence-corrected chi connectivity index (χ0v) is 17.9. The minimum atomic E-state index is -4.47. The Hall–Kier alpha value is -4.15. The van der Waals surface area contributed by atoms with Crippen molar-refractivity contribution in [3.05, 3.63) is 66.6 Å². The molecule has 0 aliphatic carbocycles. The van der Waals surface area contributed by atoms with Crippen molar-refractivity contribution in [2.45, 2.75) is 24.7 Å². The first-order valence-corrected chi connectivity index (χ1v) is 10.6. The number of methoxy groups -OCH3 is 1. The maximum absolute atomic E-state index is 14.0. The Morgan fingerprint density at radius 2 is 1.88 bits per heavy atom. The predicted octanol–water partition coefficient (Wildman–Crippen LogP) is 4.81. The topological polar surface area (TPSA) is 82.2 Å². The number of benzene rings is 2. The van der Waals surface area contributed by atoms with Gasteiger partial charge in [-0.25, -0.2) is 19.2 Å². The zero-order chi connectivity index (χ0) is 23.4. The second kappa shape index (κ2) is 7.44. The third kappa shape index (κ3) is 3.23. The molecule has 6 rings (SSSR count). The molecule has 1 N–H and O–H groups in total. The summed E-state index contributed by atoms with van der Waals surface area (Å²) in [7, 11) is 1.54. The normalized spacial score (nSPS) is 18.1. The highest BCUT2D eigenvalue weighted by molar-refractivity contribution is 5.91. The molecule has 5 aromatic rings. The number of alkyl halides is 3. The molecule has 0 bridgehead atoms. The summed E-state index contributed by atoms with van der Waals surface area (Å²) >= 11 is 0. The molecule has 11 heteroatoms. The standard InChI is InChI=1S/C23H18F3N7O/c1-34-14-8-6-13(7-9-14)18-10-19(23(24,25)26)33-22(29-18)16(11-28-33)20-30-21-15-4-2-3-5-17(15)27-12-32(21)31-20/h2-9,11-12,18-19,29H,10H2,1H3/t18-,19+/m1/s1. The lowest BCUT2D eigenvalue weighted by Gasteiger charge is -2.34. The van der Waals surface area contributed by atoms with Crippen molar-refractivity contribution < 1.29 is 17.9 Å². The third-order valence-electron chi connectivity index (χ3n) is 6.08. The second-order valence-electron chi connectivity index (χ2n) is 8.08. The van der Waals surface area contributed by atoms with E-state index in [0.717, 1.165) is 15.6 Å². The number of rotatable bonds is 3. The van der Waals surface area contributed by atoms with Gasteiger partial charge in [0.15, 0.2) is 17.5 Å². The first kappa shape index (κ1) is 20.5. The molecule has 172 valence electrons. The summed E-state index contributed by atoms with van der Waals surface area (Å²) in [4.78, 5) is 8.99. The minimum absolute atomic E-state index is 0.197. The van der Waals surface area contributed by atoms with Gasteiger partial charge in [0.25, 0.3) is 0 Å². The lowest BCUT2D eigenvalue weighted by molar-refractivity contribution is -0.173. The predicted molar refractivity (Wildman–Crippen MR) is 119 cm³/mol. The van der Waals surface area contributed by atoms with Gasteiger partial charge in [0, 0.05) is 11.8 Å². The van der Waals surface area contributed by atoms with Crippen LogP contribution >= 0.6 is 0 Å². The van der Waals surface area contributed by atoms with Crippen molar-refractivity contribution in [3.63, 3.8) is 0 Å². The number of para-hydroxylation sites is 1. The average molecular weight is 465 g/mol. The highest BCUT2D eigenvalue weighted by atomic mass is 19.4. The quantitative estimate of drug-likeness (QED) is 0.412. The fourth-order valence-electron chi connectivity index (χ4n) is 4.37. The molecule has 0 unspecified atom stereocenters. The molecule has 0 saturated heterocycles. The number of nitrogens with zero attached hydrogens (tertiary/aromatic N) is 6. The Labute approximate surface area is 191 Å². The molecule has 34 heavy (non-hydrogen) atoms. The lowest BCUT2D eigenvalue weighted by atomic mass is 9.96. The van der Waals surface area contributed by atoms with Gasteiger partial charge in [0.1, 0.15) is 17.9 Å². The number of ether oxygens (including phenoxy) is 1. The first-order chi connectivity index (χ1) is 16.4. The van der Waals surface area contributed by atoms with E-state index in [1.807, 2.05) is 24.3 Å². The molecule has 1 aliphatic rings. The Morgan fingerprint density at radius 3 is 2.65 bits per heavy atom. The van der Waals surface area contributed by atoms with Gasteiger partial charge in [0.2, 0.25) is 0 Å². The molecule has 2 atom stereocenters. The summed E-state index contributed by atoms with van der Waals surface area (Å²) in [6, 6.07) is 12.1. The smallest absolute Gasteiger partial charge is 0.410 e. The van der Waals surface area contributed by atoms with E-state index in [4.69, 9.17) is 4.74 Å². The molecule has 0 saturated carbocycles. The van der Waals surface area contributed by atoms with Crippen LogP contribution in [0.2, 0.25) is 0 Å². The van der Waals surface area contributed by atoms with Crippen LogP contribution in [-0.4, -0.2) is 42.6 Å². The Morgan fingerprint density at radius 1 is 1.09 bits per heavy atom. The number of aromatic nitrogens is 6. The van der Waals surface area contributed by atoms with E-state index >= 15 is 0 Å². The molecule has 0 amide bonds. The molecule has 0 radical (unpaired) electrons. The molecule has 0 fully saturated rings. The van der Waals surface area contributed by atoms with Crippen molar-refractivity contribution in [1.29, 1.82) is 0 Å². The van der Waals surface area contributed by atoms with E-state index < -0.39 is 18.3 Å². The fraction of sp³-hybridized carbons (Fsp3) is 0.217. The van der Waals surface area contributed by atoms with Crippen molar-refractivity contribution >= 4 is 22.4 Å². The molecular formula is C23H18F3N7O. The number of nitrogens with one attached hydrogen (secondary N) is 1. The lowest BCUT2D eigenvalue weighted by Crippen LogP contribution is -2.35. The highest BCUT2D eigenvalue weighted by Crippen LogP contribution is 2.46. The third-order valence-corrected chi connectivity index (χ3v) is 6.08. The van der Waals surface area contributed by atoms with Gasteiger partial charge < -0.3 is 10.1 Å². The SMILES string of the molecule is COc1ccc([C@H]2C[C@@H](C(F)(F)F)n3ncc(-c4nc5c6ccccc6ncn5n4)c3N2)cc1. The molecule has 4 heterocycles. The molecule has 8 nitrogen and oxygen atoms in total. The van der Waals surface area contributed by atoms with Gasteiger partial charge in [-0.05, 0) is 29.8 Å². The summed E-state index contributed by atoms with van der Waals surface area (Å²) in [5.74, 6) is 1.12. The number of anilines is 1. The van der Waals surface area contributed by atoms with Gasteiger partial charge in [-0.2, -0.15) is 18.3 Å². The number of hydrogen-bond donors (Lipinski definition) is 1. The summed E-state index contributed by atoms with van der Waals surface area (Å²) in [6.07, 6.45) is -1.76. The van der Waals surface area contributed by atoms with Crippen LogP contribution < -0.4 is 10.1 Å². The maximum Gasteiger partial charge on any atom is 0.410 e. The summed E-state index contributed by atoms with van der Waals surface area (Å²) < 4.78 is 49.8. The van der Waals surface area contributed by atoms with Crippen LogP contribution in [0.4, 0.5) is 19.0 Å². The van der Waals surface area contributed by atoms with E-state index in [-0.39, 0.29) is 18.1 Å².